The molecule has 0 bridgehead atoms. The highest BCUT2D eigenvalue weighted by atomic mass is 127. The van der Waals surface area contributed by atoms with Crippen molar-refractivity contribution in [2.45, 2.75) is 13.3 Å². The topological polar surface area (TPSA) is 55.4 Å². The van der Waals surface area contributed by atoms with E-state index in [1.807, 2.05) is 19.1 Å². The van der Waals surface area contributed by atoms with E-state index in [1.165, 1.54) is 0 Å². The minimum absolute atomic E-state index is 0.231. The van der Waals surface area contributed by atoms with E-state index in [1.54, 1.807) is 12.1 Å². The normalized spacial score (nSPS) is 9.76. The molecule has 92 valence electrons. The Morgan fingerprint density at radius 3 is 2.53 bits per heavy atom. The number of hydrogen-bond donors (Lipinski definition) is 1. The predicted octanol–water partition coefficient (Wildman–Crippen LogP) is 1.97. The van der Waals surface area contributed by atoms with E-state index in [4.69, 9.17) is 4.74 Å². The van der Waals surface area contributed by atoms with E-state index in [2.05, 4.69) is 27.9 Å². The summed E-state index contributed by atoms with van der Waals surface area (Å²) in [6.07, 6.45) is 0.858. The van der Waals surface area contributed by atoms with Crippen molar-refractivity contribution in [1.29, 1.82) is 0 Å². The molecular formula is C12H14INO3. The Kier molecular flexibility index (Phi) is 5.96. The molecule has 0 aliphatic heterocycles. The molecule has 1 N–H and O–H groups in total. The van der Waals surface area contributed by atoms with Gasteiger partial charge < -0.3 is 10.1 Å². The maximum absolute atomic E-state index is 11.5. The number of halogens is 1. The standard InChI is InChI=1S/C12H14INO3/c1-2-7-14-11(15)8-17-12(16)9-3-5-10(13)6-4-9/h3-6H,2,7-8H2,1H3,(H,14,15). The molecule has 0 heterocycles. The molecule has 1 aromatic carbocycles. The van der Waals surface area contributed by atoms with Gasteiger partial charge in [-0.2, -0.15) is 0 Å². The van der Waals surface area contributed by atoms with Gasteiger partial charge in [0.1, 0.15) is 0 Å². The van der Waals surface area contributed by atoms with Crippen molar-refractivity contribution >= 4 is 34.5 Å². The number of rotatable bonds is 5. The first-order valence-electron chi connectivity index (χ1n) is 5.33. The Hall–Kier alpha value is -1.11. The van der Waals surface area contributed by atoms with E-state index in [0.717, 1.165) is 9.99 Å². The second-order valence-electron chi connectivity index (χ2n) is 3.43. The van der Waals surface area contributed by atoms with E-state index in [0.29, 0.717) is 12.1 Å². The average Bonchev–Trinajstić information content (AvgIpc) is 2.34. The Balaban J connectivity index is 2.39. The third-order valence-corrected chi connectivity index (χ3v) is 2.71. The average molecular weight is 347 g/mol. The van der Waals surface area contributed by atoms with E-state index < -0.39 is 5.97 Å². The Labute approximate surface area is 114 Å². The van der Waals surface area contributed by atoms with Crippen LogP contribution < -0.4 is 5.32 Å². The molecule has 0 radical (unpaired) electrons. The molecule has 0 aliphatic carbocycles. The molecule has 0 atom stereocenters. The second-order valence-corrected chi connectivity index (χ2v) is 4.68. The lowest BCUT2D eigenvalue weighted by molar-refractivity contribution is -0.124. The number of nitrogens with one attached hydrogen (secondary N) is 1. The molecule has 4 nitrogen and oxygen atoms in total. The smallest absolute Gasteiger partial charge is 0.338 e. The Morgan fingerprint density at radius 1 is 1.29 bits per heavy atom. The van der Waals surface area contributed by atoms with Crippen molar-refractivity contribution in [3.8, 4) is 0 Å². The molecule has 1 amide bonds. The molecule has 0 unspecified atom stereocenters. The lowest BCUT2D eigenvalue weighted by Crippen LogP contribution is -2.29. The molecule has 5 heteroatoms. The van der Waals surface area contributed by atoms with E-state index in [-0.39, 0.29) is 12.5 Å². The lowest BCUT2D eigenvalue weighted by Gasteiger charge is -2.05. The number of benzene rings is 1. The van der Waals surface area contributed by atoms with Gasteiger partial charge in [0.25, 0.3) is 5.91 Å². The molecule has 0 spiro atoms. The van der Waals surface area contributed by atoms with Crippen molar-refractivity contribution in [2.24, 2.45) is 0 Å². The zero-order chi connectivity index (χ0) is 12.7. The van der Waals surface area contributed by atoms with Crippen LogP contribution in [-0.4, -0.2) is 25.0 Å². The van der Waals surface area contributed by atoms with Crippen LogP contribution in [0.15, 0.2) is 24.3 Å². The highest BCUT2D eigenvalue weighted by Gasteiger charge is 2.09. The Bertz CT molecular complexity index is 389. The van der Waals surface area contributed by atoms with Crippen LogP contribution in [-0.2, 0) is 9.53 Å². The summed E-state index contributed by atoms with van der Waals surface area (Å²) in [6, 6.07) is 6.98. The SMILES string of the molecule is CCCNC(=O)COC(=O)c1ccc(I)cc1. The van der Waals surface area contributed by atoms with Crippen LogP contribution >= 0.6 is 22.6 Å². The van der Waals surface area contributed by atoms with Crippen LogP contribution in [0.2, 0.25) is 0 Å². The number of amides is 1. The molecule has 0 aliphatic rings. The fourth-order valence-electron chi connectivity index (χ4n) is 1.12. The first-order chi connectivity index (χ1) is 8.13. The van der Waals surface area contributed by atoms with Crippen molar-refractivity contribution in [1.82, 2.24) is 5.32 Å². The van der Waals surface area contributed by atoms with Crippen molar-refractivity contribution in [3.05, 3.63) is 33.4 Å². The van der Waals surface area contributed by atoms with Gasteiger partial charge in [-0.1, -0.05) is 6.92 Å². The predicted molar refractivity (Wildman–Crippen MR) is 72.7 cm³/mol. The van der Waals surface area contributed by atoms with Crippen LogP contribution in [0.25, 0.3) is 0 Å². The van der Waals surface area contributed by atoms with E-state index in [9.17, 15) is 9.59 Å². The van der Waals surface area contributed by atoms with Crippen LogP contribution in [0.3, 0.4) is 0 Å². The summed E-state index contributed by atoms with van der Waals surface area (Å²) < 4.78 is 5.91. The number of hydrogen-bond acceptors (Lipinski definition) is 3. The molecule has 17 heavy (non-hydrogen) atoms. The first kappa shape index (κ1) is 14.0. The first-order valence-corrected chi connectivity index (χ1v) is 6.40. The molecule has 0 aromatic heterocycles. The zero-order valence-corrected chi connectivity index (χ0v) is 11.7. The highest BCUT2D eigenvalue weighted by molar-refractivity contribution is 14.1. The fraction of sp³-hybridized carbons (Fsp3) is 0.333. The van der Waals surface area contributed by atoms with Gasteiger partial charge in [0.2, 0.25) is 0 Å². The van der Waals surface area contributed by atoms with Crippen molar-refractivity contribution in [2.75, 3.05) is 13.2 Å². The summed E-state index contributed by atoms with van der Waals surface area (Å²) in [5.41, 5.74) is 0.453. The second kappa shape index (κ2) is 7.26. The van der Waals surface area contributed by atoms with Gasteiger partial charge >= 0.3 is 5.97 Å². The lowest BCUT2D eigenvalue weighted by atomic mass is 10.2. The number of esters is 1. The maximum Gasteiger partial charge on any atom is 0.338 e. The number of carbonyl (C=O) groups is 2. The number of ether oxygens (including phenoxy) is 1. The monoisotopic (exact) mass is 347 g/mol. The fourth-order valence-corrected chi connectivity index (χ4v) is 1.48. The molecule has 0 saturated heterocycles. The molecule has 0 fully saturated rings. The summed E-state index contributed by atoms with van der Waals surface area (Å²) in [5, 5.41) is 2.63. The van der Waals surface area contributed by atoms with Crippen LogP contribution in [0.1, 0.15) is 23.7 Å². The zero-order valence-electron chi connectivity index (χ0n) is 9.53. The summed E-state index contributed by atoms with van der Waals surface area (Å²) in [7, 11) is 0. The highest BCUT2D eigenvalue weighted by Crippen LogP contribution is 2.07. The van der Waals surface area contributed by atoms with Gasteiger partial charge in [-0.15, -0.1) is 0 Å². The molecular weight excluding hydrogens is 333 g/mol. The van der Waals surface area contributed by atoms with Crippen molar-refractivity contribution in [3.63, 3.8) is 0 Å². The van der Waals surface area contributed by atoms with Gasteiger partial charge in [-0.3, -0.25) is 4.79 Å². The quantitative estimate of drug-likeness (QED) is 0.655. The van der Waals surface area contributed by atoms with E-state index >= 15 is 0 Å². The van der Waals surface area contributed by atoms with Crippen LogP contribution in [0.4, 0.5) is 0 Å². The van der Waals surface area contributed by atoms with Gasteiger partial charge in [-0.05, 0) is 53.3 Å². The maximum atomic E-state index is 11.5. The number of carbonyl (C=O) groups excluding carboxylic acids is 2. The third-order valence-electron chi connectivity index (χ3n) is 1.99. The Morgan fingerprint density at radius 2 is 1.94 bits per heavy atom. The van der Waals surface area contributed by atoms with Crippen molar-refractivity contribution < 1.29 is 14.3 Å². The van der Waals surface area contributed by atoms with Crippen LogP contribution in [0, 0.1) is 3.57 Å². The summed E-state index contributed by atoms with van der Waals surface area (Å²) in [4.78, 5) is 22.7. The minimum Gasteiger partial charge on any atom is -0.452 e. The molecule has 0 saturated carbocycles. The van der Waals surface area contributed by atoms with Gasteiger partial charge in [0.15, 0.2) is 6.61 Å². The summed E-state index contributed by atoms with van der Waals surface area (Å²) >= 11 is 2.15. The van der Waals surface area contributed by atoms with Gasteiger partial charge in [0, 0.05) is 10.1 Å². The largest absolute Gasteiger partial charge is 0.452 e. The van der Waals surface area contributed by atoms with Gasteiger partial charge in [0.05, 0.1) is 5.56 Å². The third kappa shape index (κ3) is 5.16. The van der Waals surface area contributed by atoms with Gasteiger partial charge in [-0.25, -0.2) is 4.79 Å². The molecule has 1 rings (SSSR count). The summed E-state index contributed by atoms with van der Waals surface area (Å²) in [5.74, 6) is -0.751. The van der Waals surface area contributed by atoms with Crippen LogP contribution in [0.5, 0.6) is 0 Å². The minimum atomic E-state index is -0.479. The summed E-state index contributed by atoms with van der Waals surface area (Å²) in [6.45, 7) is 2.32. The molecule has 1 aromatic rings.